The average molecular weight is 403 g/mol. The number of amides is 1. The molecule has 0 radical (unpaired) electrons. The van der Waals surface area contributed by atoms with Crippen LogP contribution >= 0.6 is 0 Å². The standard InChI is InChI=1S/C20H15F2NO4S/c21-15-10-11-19(17(22)12-15)28(25,26)27-18-9-5-4-8-16(18)20(24)23-13-14-6-2-1-3-7-14/h1-12H,13H2,(H,23,24). The smallest absolute Gasteiger partial charge is 0.342 e. The van der Waals surface area contributed by atoms with Gasteiger partial charge in [0.2, 0.25) is 0 Å². The Morgan fingerprint density at radius 2 is 1.61 bits per heavy atom. The van der Waals surface area contributed by atoms with Crippen LogP contribution in [0.15, 0.2) is 77.7 Å². The third kappa shape index (κ3) is 4.52. The molecule has 0 saturated heterocycles. The maximum atomic E-state index is 13.8. The molecule has 0 bridgehead atoms. The molecule has 5 nitrogen and oxygen atoms in total. The fourth-order valence-electron chi connectivity index (χ4n) is 2.44. The lowest BCUT2D eigenvalue weighted by atomic mass is 10.1. The predicted octanol–water partition coefficient (Wildman–Crippen LogP) is 3.66. The zero-order valence-corrected chi connectivity index (χ0v) is 15.2. The van der Waals surface area contributed by atoms with Crippen LogP contribution in [0.2, 0.25) is 0 Å². The van der Waals surface area contributed by atoms with E-state index in [9.17, 15) is 22.0 Å². The van der Waals surface area contributed by atoms with Crippen molar-refractivity contribution in [3.8, 4) is 5.75 Å². The molecular weight excluding hydrogens is 388 g/mol. The molecule has 0 atom stereocenters. The molecular formula is C20H15F2NO4S. The molecule has 3 rings (SSSR count). The van der Waals surface area contributed by atoms with Gasteiger partial charge in [0, 0.05) is 12.6 Å². The Bertz CT molecular complexity index is 1100. The predicted molar refractivity (Wildman–Crippen MR) is 98.2 cm³/mol. The van der Waals surface area contributed by atoms with Gasteiger partial charge < -0.3 is 9.50 Å². The van der Waals surface area contributed by atoms with Crippen molar-refractivity contribution in [2.75, 3.05) is 0 Å². The highest BCUT2D eigenvalue weighted by Gasteiger charge is 2.24. The highest BCUT2D eigenvalue weighted by Crippen LogP contribution is 2.25. The van der Waals surface area contributed by atoms with Gasteiger partial charge in [-0.2, -0.15) is 8.42 Å². The van der Waals surface area contributed by atoms with Crippen molar-refractivity contribution >= 4 is 16.0 Å². The molecule has 0 spiro atoms. The van der Waals surface area contributed by atoms with Gasteiger partial charge in [-0.15, -0.1) is 0 Å². The van der Waals surface area contributed by atoms with Crippen LogP contribution in [0.25, 0.3) is 0 Å². The molecule has 0 aliphatic rings. The molecule has 1 N–H and O–H groups in total. The topological polar surface area (TPSA) is 72.5 Å². The molecule has 144 valence electrons. The van der Waals surface area contributed by atoms with Crippen LogP contribution in [0.5, 0.6) is 5.75 Å². The van der Waals surface area contributed by atoms with Crippen molar-refractivity contribution in [2.24, 2.45) is 0 Å². The van der Waals surface area contributed by atoms with Crippen LogP contribution in [0.1, 0.15) is 15.9 Å². The molecule has 0 aromatic heterocycles. The molecule has 8 heteroatoms. The number of para-hydroxylation sites is 1. The highest BCUT2D eigenvalue weighted by molar-refractivity contribution is 7.87. The maximum Gasteiger partial charge on any atom is 0.342 e. The van der Waals surface area contributed by atoms with Crippen molar-refractivity contribution in [3.05, 3.63) is 95.6 Å². The monoisotopic (exact) mass is 403 g/mol. The van der Waals surface area contributed by atoms with E-state index in [1.807, 2.05) is 30.3 Å². The molecule has 0 heterocycles. The second-order valence-corrected chi connectivity index (χ2v) is 7.29. The van der Waals surface area contributed by atoms with Crippen molar-refractivity contribution in [3.63, 3.8) is 0 Å². The van der Waals surface area contributed by atoms with Gasteiger partial charge in [-0.25, -0.2) is 8.78 Å². The van der Waals surface area contributed by atoms with Gasteiger partial charge in [0.25, 0.3) is 5.91 Å². The third-order valence-electron chi connectivity index (χ3n) is 3.79. The molecule has 28 heavy (non-hydrogen) atoms. The van der Waals surface area contributed by atoms with Crippen LogP contribution in [-0.2, 0) is 16.7 Å². The van der Waals surface area contributed by atoms with Gasteiger partial charge in [0.1, 0.15) is 16.5 Å². The summed E-state index contributed by atoms with van der Waals surface area (Å²) in [6.07, 6.45) is 0. The Labute approximate surface area is 160 Å². The third-order valence-corrected chi connectivity index (χ3v) is 5.06. The molecule has 1 amide bonds. The zero-order chi connectivity index (χ0) is 20.1. The first-order chi connectivity index (χ1) is 13.4. The minimum Gasteiger partial charge on any atom is -0.378 e. The van der Waals surface area contributed by atoms with E-state index in [4.69, 9.17) is 4.18 Å². The number of hydrogen-bond donors (Lipinski definition) is 1. The Morgan fingerprint density at radius 1 is 0.929 bits per heavy atom. The molecule has 3 aromatic rings. The summed E-state index contributed by atoms with van der Waals surface area (Å²) >= 11 is 0. The number of carbonyl (C=O) groups is 1. The normalized spacial score (nSPS) is 11.1. The summed E-state index contributed by atoms with van der Waals surface area (Å²) in [4.78, 5) is 11.6. The number of halogens is 2. The average Bonchev–Trinajstić information content (AvgIpc) is 2.66. The minimum atomic E-state index is -4.61. The Balaban J connectivity index is 1.82. The lowest BCUT2D eigenvalue weighted by molar-refractivity contribution is 0.0949. The Kier molecular flexibility index (Phi) is 5.70. The lowest BCUT2D eigenvalue weighted by Crippen LogP contribution is -2.24. The zero-order valence-electron chi connectivity index (χ0n) is 14.4. The van der Waals surface area contributed by atoms with E-state index in [1.54, 1.807) is 0 Å². The van der Waals surface area contributed by atoms with Gasteiger partial charge in [0.05, 0.1) is 5.56 Å². The number of rotatable bonds is 6. The van der Waals surface area contributed by atoms with Crippen LogP contribution in [-0.4, -0.2) is 14.3 Å². The van der Waals surface area contributed by atoms with Crippen molar-refractivity contribution in [2.45, 2.75) is 11.4 Å². The van der Waals surface area contributed by atoms with Gasteiger partial charge in [-0.3, -0.25) is 4.79 Å². The van der Waals surface area contributed by atoms with Crippen LogP contribution in [0.3, 0.4) is 0 Å². The molecule has 0 saturated carbocycles. The number of hydrogen-bond acceptors (Lipinski definition) is 4. The molecule has 3 aromatic carbocycles. The first-order valence-electron chi connectivity index (χ1n) is 8.17. The number of benzene rings is 3. The van der Waals surface area contributed by atoms with Gasteiger partial charge in [0.15, 0.2) is 5.75 Å². The first-order valence-corrected chi connectivity index (χ1v) is 9.58. The minimum absolute atomic E-state index is 0.0375. The van der Waals surface area contributed by atoms with Gasteiger partial charge in [-0.1, -0.05) is 42.5 Å². The Morgan fingerprint density at radius 3 is 2.32 bits per heavy atom. The lowest BCUT2D eigenvalue weighted by Gasteiger charge is -2.12. The fourth-order valence-corrected chi connectivity index (χ4v) is 3.45. The summed E-state index contributed by atoms with van der Waals surface area (Å²) in [7, 11) is -4.61. The van der Waals surface area contributed by atoms with Crippen LogP contribution < -0.4 is 9.50 Å². The molecule has 0 aliphatic carbocycles. The first kappa shape index (κ1) is 19.5. The second kappa shape index (κ2) is 8.18. The maximum absolute atomic E-state index is 13.8. The van der Waals surface area contributed by atoms with Gasteiger partial charge >= 0.3 is 10.1 Å². The SMILES string of the molecule is O=C(NCc1ccccc1)c1ccccc1OS(=O)(=O)c1ccc(F)cc1F. The van der Waals surface area contributed by atoms with Crippen molar-refractivity contribution < 1.29 is 26.2 Å². The highest BCUT2D eigenvalue weighted by atomic mass is 32.2. The quantitative estimate of drug-likeness (QED) is 0.638. The van der Waals surface area contributed by atoms with Gasteiger partial charge in [-0.05, 0) is 29.8 Å². The summed E-state index contributed by atoms with van der Waals surface area (Å²) < 4.78 is 56.6. The summed E-state index contributed by atoms with van der Waals surface area (Å²) in [5.41, 5.74) is 0.819. The van der Waals surface area contributed by atoms with E-state index >= 15 is 0 Å². The largest absolute Gasteiger partial charge is 0.378 e. The molecule has 0 fully saturated rings. The number of nitrogens with one attached hydrogen (secondary N) is 1. The Hall–Kier alpha value is -3.26. The summed E-state index contributed by atoms with van der Waals surface area (Å²) in [6.45, 7) is 0.230. The number of carbonyl (C=O) groups excluding carboxylic acids is 1. The second-order valence-electron chi connectivity index (χ2n) is 5.78. The summed E-state index contributed by atoms with van der Waals surface area (Å²) in [6, 6.07) is 16.8. The van der Waals surface area contributed by atoms with E-state index in [1.165, 1.54) is 24.3 Å². The molecule has 0 aliphatic heterocycles. The van der Waals surface area contributed by atoms with E-state index in [0.29, 0.717) is 6.07 Å². The van der Waals surface area contributed by atoms with E-state index in [0.717, 1.165) is 17.7 Å². The summed E-state index contributed by atoms with van der Waals surface area (Å²) in [5.74, 6) is -3.03. The van der Waals surface area contributed by atoms with E-state index in [2.05, 4.69) is 5.32 Å². The van der Waals surface area contributed by atoms with Crippen LogP contribution in [0.4, 0.5) is 8.78 Å². The van der Waals surface area contributed by atoms with Crippen molar-refractivity contribution in [1.29, 1.82) is 0 Å². The van der Waals surface area contributed by atoms with Crippen LogP contribution in [0, 0.1) is 11.6 Å². The van der Waals surface area contributed by atoms with E-state index < -0.39 is 32.6 Å². The van der Waals surface area contributed by atoms with Crippen molar-refractivity contribution in [1.82, 2.24) is 5.32 Å². The molecule has 0 unspecified atom stereocenters. The van der Waals surface area contributed by atoms with E-state index in [-0.39, 0.29) is 17.9 Å². The summed E-state index contributed by atoms with van der Waals surface area (Å²) in [5, 5.41) is 2.66. The fraction of sp³-hybridized carbons (Fsp3) is 0.0500.